The fourth-order valence-electron chi connectivity index (χ4n) is 10.6. The maximum atomic E-state index is 11.6. The lowest BCUT2D eigenvalue weighted by Crippen LogP contribution is -2.72. The van der Waals surface area contributed by atoms with Gasteiger partial charge in [-0.2, -0.15) is 0 Å². The highest BCUT2D eigenvalue weighted by atomic mass is 16.5. The van der Waals surface area contributed by atoms with Gasteiger partial charge in [-0.3, -0.25) is 4.90 Å². The summed E-state index contributed by atoms with van der Waals surface area (Å²) in [5.74, 6) is 1.62. The fourth-order valence-corrected chi connectivity index (χ4v) is 10.6. The van der Waals surface area contributed by atoms with Crippen LogP contribution in [0.3, 0.4) is 0 Å². The second-order valence-electron chi connectivity index (χ2n) is 11.1. The summed E-state index contributed by atoms with van der Waals surface area (Å²) < 4.78 is 6.84. The highest BCUT2D eigenvalue weighted by Crippen LogP contribution is 2.86. The van der Waals surface area contributed by atoms with E-state index in [1.165, 1.54) is 19.3 Å². The van der Waals surface area contributed by atoms with Gasteiger partial charge in [0, 0.05) is 29.8 Å². The molecule has 6 saturated carbocycles. The molecule has 10 atom stereocenters. The predicted octanol–water partition coefficient (Wildman–Crippen LogP) is 2.16. The normalized spacial score (nSPS) is 67.6. The fraction of sp³-hybridized carbons (Fsp3) is 0.909. The van der Waals surface area contributed by atoms with Crippen molar-refractivity contribution in [2.75, 3.05) is 19.7 Å². The number of piperidine rings is 1. The molecular weight excluding hydrogens is 326 g/mol. The molecule has 8 rings (SSSR count). The van der Waals surface area contributed by atoms with Gasteiger partial charge < -0.3 is 14.9 Å². The lowest BCUT2D eigenvalue weighted by molar-refractivity contribution is -0.285. The molecule has 6 bridgehead atoms. The summed E-state index contributed by atoms with van der Waals surface area (Å²) in [6.45, 7) is 9.75. The molecule has 3 spiro atoms. The largest absolute Gasteiger partial charge is 0.392 e. The van der Waals surface area contributed by atoms with E-state index in [0.29, 0.717) is 17.8 Å². The van der Waals surface area contributed by atoms with Gasteiger partial charge in [-0.15, -0.1) is 0 Å². The van der Waals surface area contributed by atoms with Crippen molar-refractivity contribution >= 4 is 0 Å². The summed E-state index contributed by atoms with van der Waals surface area (Å²) in [6.07, 6.45) is 5.87. The summed E-state index contributed by atoms with van der Waals surface area (Å²) in [4.78, 5) is 2.70. The Morgan fingerprint density at radius 1 is 1.12 bits per heavy atom. The molecule has 2 unspecified atom stereocenters. The highest BCUT2D eigenvalue weighted by molar-refractivity contribution is 5.41. The maximum absolute atomic E-state index is 11.6. The van der Waals surface area contributed by atoms with Gasteiger partial charge in [0.2, 0.25) is 0 Å². The molecule has 0 radical (unpaired) electrons. The third-order valence-corrected chi connectivity index (χ3v) is 10.9. The molecule has 8 fully saturated rings. The molecule has 0 aromatic heterocycles. The average Bonchev–Trinajstić information content (AvgIpc) is 3.04. The van der Waals surface area contributed by atoms with Crippen LogP contribution < -0.4 is 0 Å². The van der Waals surface area contributed by atoms with Crippen molar-refractivity contribution in [2.24, 2.45) is 39.9 Å². The smallest absolute Gasteiger partial charge is 0.131 e. The van der Waals surface area contributed by atoms with E-state index in [4.69, 9.17) is 4.74 Å². The molecule has 2 heterocycles. The van der Waals surface area contributed by atoms with Crippen LogP contribution in [-0.4, -0.2) is 52.7 Å². The van der Waals surface area contributed by atoms with Crippen LogP contribution in [0.2, 0.25) is 0 Å². The van der Waals surface area contributed by atoms with Gasteiger partial charge in [0.25, 0.3) is 0 Å². The van der Waals surface area contributed by atoms with Gasteiger partial charge in [-0.1, -0.05) is 19.9 Å². The quantitative estimate of drug-likeness (QED) is 0.653. The first kappa shape index (κ1) is 15.5. The van der Waals surface area contributed by atoms with Crippen molar-refractivity contribution in [1.29, 1.82) is 0 Å². The molecule has 26 heavy (non-hydrogen) atoms. The minimum absolute atomic E-state index is 0.134. The average molecular weight is 357 g/mol. The van der Waals surface area contributed by atoms with Crippen molar-refractivity contribution in [1.82, 2.24) is 4.90 Å². The molecule has 4 heteroatoms. The standard InChI is InChI=1S/C22H31NO3/c1-12-13-8-15-20-5-3-4-19(2)11-23-6-7-26-22(20,23)16(9-13)21(15,18(12)25)17(24)10-14(19)20/h13-18,24-25H,1,3-11H2,2H3/t13?,14-,15+,16+,17-,18-,19+,20-,21+,22?/m1/s1. The second-order valence-corrected chi connectivity index (χ2v) is 11.1. The Kier molecular flexibility index (Phi) is 2.46. The molecule has 0 aromatic rings. The number of aliphatic hydroxyl groups is 2. The summed E-state index contributed by atoms with van der Waals surface area (Å²) >= 11 is 0. The third-order valence-electron chi connectivity index (χ3n) is 10.9. The Hall–Kier alpha value is -0.420. The van der Waals surface area contributed by atoms with Crippen molar-refractivity contribution in [3.63, 3.8) is 0 Å². The van der Waals surface area contributed by atoms with Gasteiger partial charge in [0.1, 0.15) is 5.72 Å². The van der Waals surface area contributed by atoms with Crippen molar-refractivity contribution < 1.29 is 14.9 Å². The minimum Gasteiger partial charge on any atom is -0.392 e. The van der Waals surface area contributed by atoms with Crippen molar-refractivity contribution in [3.05, 3.63) is 12.2 Å². The van der Waals surface area contributed by atoms with Gasteiger partial charge >= 0.3 is 0 Å². The van der Waals surface area contributed by atoms with E-state index in [2.05, 4.69) is 18.4 Å². The molecule has 0 aromatic carbocycles. The predicted molar refractivity (Wildman–Crippen MR) is 96.0 cm³/mol. The Morgan fingerprint density at radius 2 is 1.92 bits per heavy atom. The van der Waals surface area contributed by atoms with Crippen LogP contribution in [0, 0.1) is 39.9 Å². The SMILES string of the molecule is C=C1C2C[C@@H]3C45OCCN4C[C@]4(C)CCC[C@]56[C@@H]4C[C@@H](O)[C@]3([C@@H]1O)[C@H]6C2. The third kappa shape index (κ3) is 1.14. The summed E-state index contributed by atoms with van der Waals surface area (Å²) in [5, 5.41) is 23.1. The summed E-state index contributed by atoms with van der Waals surface area (Å²) in [6, 6.07) is 0. The number of fused-ring (bicyclic) bond motifs is 1. The molecular formula is C22H31NO3. The molecule has 2 aliphatic heterocycles. The van der Waals surface area contributed by atoms with Crippen LogP contribution in [-0.2, 0) is 4.74 Å². The van der Waals surface area contributed by atoms with Gasteiger partial charge in [-0.25, -0.2) is 0 Å². The van der Waals surface area contributed by atoms with E-state index in [1.54, 1.807) is 0 Å². The van der Waals surface area contributed by atoms with E-state index in [9.17, 15) is 10.2 Å². The molecule has 142 valence electrons. The van der Waals surface area contributed by atoms with Crippen LogP contribution in [0.1, 0.15) is 45.4 Å². The molecule has 2 saturated heterocycles. The number of hydrogen-bond acceptors (Lipinski definition) is 4. The van der Waals surface area contributed by atoms with Crippen molar-refractivity contribution in [2.45, 2.75) is 63.4 Å². The topological polar surface area (TPSA) is 52.9 Å². The molecule has 0 amide bonds. The Bertz CT molecular complexity index is 739. The second kappa shape index (κ2) is 4.12. The van der Waals surface area contributed by atoms with E-state index in [0.717, 1.165) is 44.5 Å². The lowest BCUT2D eigenvalue weighted by atomic mass is 9.38. The van der Waals surface area contributed by atoms with Crippen LogP contribution in [0.25, 0.3) is 0 Å². The van der Waals surface area contributed by atoms with Gasteiger partial charge in [0.05, 0.1) is 18.8 Å². The maximum Gasteiger partial charge on any atom is 0.131 e. The summed E-state index contributed by atoms with van der Waals surface area (Å²) in [7, 11) is 0. The van der Waals surface area contributed by atoms with Crippen LogP contribution in [0.5, 0.6) is 0 Å². The van der Waals surface area contributed by atoms with Crippen LogP contribution in [0.4, 0.5) is 0 Å². The molecule has 4 nitrogen and oxygen atoms in total. The number of ether oxygens (including phenoxy) is 1. The number of hydrogen-bond donors (Lipinski definition) is 2. The van der Waals surface area contributed by atoms with E-state index < -0.39 is 17.6 Å². The van der Waals surface area contributed by atoms with Gasteiger partial charge in [0.15, 0.2) is 0 Å². The van der Waals surface area contributed by atoms with Crippen LogP contribution in [0.15, 0.2) is 12.2 Å². The molecule has 8 aliphatic rings. The van der Waals surface area contributed by atoms with Crippen molar-refractivity contribution in [3.8, 4) is 0 Å². The summed E-state index contributed by atoms with van der Waals surface area (Å²) in [5.41, 5.74) is 0.791. The monoisotopic (exact) mass is 357 g/mol. The lowest BCUT2D eigenvalue weighted by Gasteiger charge is -2.69. The zero-order valence-electron chi connectivity index (χ0n) is 15.8. The minimum atomic E-state index is -0.547. The Labute approximate surface area is 155 Å². The van der Waals surface area contributed by atoms with E-state index in [1.807, 2.05) is 0 Å². The first-order valence-electron chi connectivity index (χ1n) is 10.9. The van der Waals surface area contributed by atoms with E-state index >= 15 is 0 Å². The Balaban J connectivity index is 1.58. The number of aliphatic hydroxyl groups excluding tert-OH is 2. The number of rotatable bonds is 0. The zero-order chi connectivity index (χ0) is 17.7. The van der Waals surface area contributed by atoms with E-state index in [-0.39, 0.29) is 22.5 Å². The van der Waals surface area contributed by atoms with Crippen LogP contribution >= 0.6 is 0 Å². The first-order chi connectivity index (χ1) is 12.4. The Morgan fingerprint density at radius 3 is 2.77 bits per heavy atom. The highest BCUT2D eigenvalue weighted by Gasteiger charge is 2.90. The molecule has 6 aliphatic carbocycles. The number of nitrogens with zero attached hydrogens (tertiary/aromatic N) is 1. The zero-order valence-corrected chi connectivity index (χ0v) is 15.8. The molecule has 2 N–H and O–H groups in total. The van der Waals surface area contributed by atoms with Gasteiger partial charge in [-0.05, 0) is 60.8 Å². The first-order valence-corrected chi connectivity index (χ1v) is 10.9.